The molecule has 0 saturated carbocycles. The van der Waals surface area contributed by atoms with Crippen molar-refractivity contribution in [1.29, 1.82) is 0 Å². The molecule has 6 nitrogen and oxygen atoms in total. The fourth-order valence-electron chi connectivity index (χ4n) is 0.782. The molecule has 0 aliphatic carbocycles. The summed E-state index contributed by atoms with van der Waals surface area (Å²) in [6.07, 6.45) is -0.975. The minimum atomic E-state index is -0.975. The number of carbonyl (C=O) groups is 3. The van der Waals surface area contributed by atoms with E-state index in [1.54, 1.807) is 20.8 Å². The fraction of sp³-hybridized carbons (Fsp3) is 0.700. The van der Waals surface area contributed by atoms with Crippen LogP contribution in [0.5, 0.6) is 0 Å². The Morgan fingerprint density at radius 2 is 1.75 bits per heavy atom. The number of hydrogen-bond acceptors (Lipinski definition) is 4. The van der Waals surface area contributed by atoms with Crippen molar-refractivity contribution in [2.24, 2.45) is 5.92 Å². The normalized spacial score (nSPS) is 11.8. The molecule has 1 unspecified atom stereocenters. The predicted molar refractivity (Wildman–Crippen MR) is 57.6 cm³/mol. The third-order valence-electron chi connectivity index (χ3n) is 1.71. The third-order valence-corrected chi connectivity index (χ3v) is 1.71. The van der Waals surface area contributed by atoms with E-state index in [2.05, 4.69) is 10.6 Å². The van der Waals surface area contributed by atoms with Crippen LogP contribution in [-0.4, -0.2) is 30.6 Å². The molecule has 0 aromatic heterocycles. The molecule has 0 heterocycles. The standard InChI is InChI=1S/C10H18N2O4/c1-5-11-10(15)12-8(13)7(4)16-9(14)6(2)3/h6-7H,5H2,1-4H3,(H2,11,12,13,15). The van der Waals surface area contributed by atoms with Crippen molar-refractivity contribution in [2.75, 3.05) is 6.54 Å². The summed E-state index contributed by atoms with van der Waals surface area (Å²) < 4.78 is 4.82. The Bertz CT molecular complexity index is 276. The first kappa shape index (κ1) is 14.4. The van der Waals surface area contributed by atoms with Crippen molar-refractivity contribution in [3.8, 4) is 0 Å². The van der Waals surface area contributed by atoms with Crippen molar-refractivity contribution in [3.63, 3.8) is 0 Å². The van der Waals surface area contributed by atoms with Gasteiger partial charge in [-0.3, -0.25) is 14.9 Å². The number of urea groups is 1. The predicted octanol–water partition coefficient (Wildman–Crippen LogP) is 0.420. The van der Waals surface area contributed by atoms with Gasteiger partial charge in [0.25, 0.3) is 5.91 Å². The molecular weight excluding hydrogens is 212 g/mol. The summed E-state index contributed by atoms with van der Waals surface area (Å²) in [5.74, 6) is -1.42. The summed E-state index contributed by atoms with van der Waals surface area (Å²) in [5.41, 5.74) is 0. The van der Waals surface area contributed by atoms with E-state index in [0.29, 0.717) is 6.54 Å². The molecule has 0 spiro atoms. The van der Waals surface area contributed by atoms with Gasteiger partial charge < -0.3 is 10.1 Å². The average Bonchev–Trinajstić information content (AvgIpc) is 2.17. The summed E-state index contributed by atoms with van der Waals surface area (Å²) in [5, 5.41) is 4.45. The van der Waals surface area contributed by atoms with Gasteiger partial charge in [-0.25, -0.2) is 4.79 Å². The van der Waals surface area contributed by atoms with Crippen molar-refractivity contribution < 1.29 is 19.1 Å². The van der Waals surface area contributed by atoms with Gasteiger partial charge in [-0.1, -0.05) is 13.8 Å². The second kappa shape index (κ2) is 6.81. The van der Waals surface area contributed by atoms with Gasteiger partial charge in [0, 0.05) is 6.54 Å². The van der Waals surface area contributed by atoms with Gasteiger partial charge >= 0.3 is 12.0 Å². The van der Waals surface area contributed by atoms with E-state index in [4.69, 9.17) is 4.74 Å². The first-order valence-corrected chi connectivity index (χ1v) is 5.17. The molecule has 0 aromatic rings. The Balaban J connectivity index is 4.09. The molecular formula is C10H18N2O4. The summed E-state index contributed by atoms with van der Waals surface area (Å²) in [6.45, 7) is 6.88. The van der Waals surface area contributed by atoms with Crippen LogP contribution in [0.4, 0.5) is 4.79 Å². The zero-order valence-corrected chi connectivity index (χ0v) is 9.99. The van der Waals surface area contributed by atoms with Crippen LogP contribution in [-0.2, 0) is 14.3 Å². The lowest BCUT2D eigenvalue weighted by molar-refractivity contribution is -0.157. The molecule has 0 bridgehead atoms. The van der Waals surface area contributed by atoms with E-state index in [-0.39, 0.29) is 5.92 Å². The van der Waals surface area contributed by atoms with Crippen LogP contribution in [0.1, 0.15) is 27.7 Å². The van der Waals surface area contributed by atoms with E-state index in [1.807, 2.05) is 0 Å². The quantitative estimate of drug-likeness (QED) is 0.685. The molecule has 16 heavy (non-hydrogen) atoms. The van der Waals surface area contributed by atoms with Crippen molar-refractivity contribution in [2.45, 2.75) is 33.8 Å². The maximum Gasteiger partial charge on any atom is 0.321 e. The molecule has 0 radical (unpaired) electrons. The highest BCUT2D eigenvalue weighted by Crippen LogP contribution is 2.00. The number of imide groups is 1. The number of carbonyl (C=O) groups excluding carboxylic acids is 3. The van der Waals surface area contributed by atoms with E-state index < -0.39 is 24.0 Å². The second-order valence-corrected chi connectivity index (χ2v) is 3.58. The Morgan fingerprint density at radius 3 is 2.19 bits per heavy atom. The van der Waals surface area contributed by atoms with Crippen LogP contribution in [0.2, 0.25) is 0 Å². The maximum absolute atomic E-state index is 11.3. The molecule has 0 aromatic carbocycles. The van der Waals surface area contributed by atoms with Crippen molar-refractivity contribution >= 4 is 17.9 Å². The largest absolute Gasteiger partial charge is 0.452 e. The Morgan fingerprint density at radius 1 is 1.19 bits per heavy atom. The summed E-state index contributed by atoms with van der Waals surface area (Å²) in [7, 11) is 0. The molecule has 0 saturated heterocycles. The zero-order valence-electron chi connectivity index (χ0n) is 9.99. The molecule has 92 valence electrons. The maximum atomic E-state index is 11.3. The molecule has 1 atom stereocenters. The average molecular weight is 230 g/mol. The minimum absolute atomic E-state index is 0.306. The van der Waals surface area contributed by atoms with Gasteiger partial charge in [0.1, 0.15) is 0 Å². The minimum Gasteiger partial charge on any atom is -0.452 e. The monoisotopic (exact) mass is 230 g/mol. The lowest BCUT2D eigenvalue weighted by Crippen LogP contribution is -2.44. The van der Waals surface area contributed by atoms with Gasteiger partial charge in [0.05, 0.1) is 5.92 Å². The number of esters is 1. The van der Waals surface area contributed by atoms with Crippen LogP contribution >= 0.6 is 0 Å². The Hall–Kier alpha value is -1.59. The number of ether oxygens (including phenoxy) is 1. The third kappa shape index (κ3) is 5.33. The summed E-state index contributed by atoms with van der Waals surface area (Å²) in [4.78, 5) is 33.5. The molecule has 0 fully saturated rings. The van der Waals surface area contributed by atoms with Gasteiger partial charge in [-0.15, -0.1) is 0 Å². The lowest BCUT2D eigenvalue weighted by atomic mass is 10.2. The van der Waals surface area contributed by atoms with Gasteiger partial charge in [-0.05, 0) is 13.8 Å². The first-order chi connectivity index (χ1) is 7.38. The van der Waals surface area contributed by atoms with Crippen molar-refractivity contribution in [1.82, 2.24) is 10.6 Å². The molecule has 2 N–H and O–H groups in total. The molecule has 3 amide bonds. The molecule has 6 heteroatoms. The lowest BCUT2D eigenvalue weighted by Gasteiger charge is -2.14. The van der Waals surface area contributed by atoms with Gasteiger partial charge in [0.2, 0.25) is 0 Å². The van der Waals surface area contributed by atoms with Crippen LogP contribution in [0, 0.1) is 5.92 Å². The van der Waals surface area contributed by atoms with E-state index in [9.17, 15) is 14.4 Å². The summed E-state index contributed by atoms with van der Waals surface area (Å²) in [6, 6.07) is -0.597. The van der Waals surface area contributed by atoms with E-state index in [1.165, 1.54) is 6.92 Å². The fourth-order valence-corrected chi connectivity index (χ4v) is 0.782. The van der Waals surface area contributed by atoms with E-state index in [0.717, 1.165) is 0 Å². The Kier molecular flexibility index (Phi) is 6.14. The van der Waals surface area contributed by atoms with Gasteiger partial charge in [-0.2, -0.15) is 0 Å². The highest BCUT2D eigenvalue weighted by atomic mass is 16.5. The highest BCUT2D eigenvalue weighted by Gasteiger charge is 2.20. The van der Waals surface area contributed by atoms with Crippen LogP contribution < -0.4 is 10.6 Å². The number of amides is 3. The SMILES string of the molecule is CCNC(=O)NC(=O)C(C)OC(=O)C(C)C. The second-order valence-electron chi connectivity index (χ2n) is 3.58. The van der Waals surface area contributed by atoms with Crippen LogP contribution in [0.15, 0.2) is 0 Å². The van der Waals surface area contributed by atoms with Crippen LogP contribution in [0.3, 0.4) is 0 Å². The molecule has 0 aliphatic rings. The topological polar surface area (TPSA) is 84.5 Å². The Labute approximate surface area is 94.7 Å². The molecule has 0 rings (SSSR count). The molecule has 0 aliphatic heterocycles. The van der Waals surface area contributed by atoms with Crippen LogP contribution in [0.25, 0.3) is 0 Å². The number of hydrogen-bond donors (Lipinski definition) is 2. The highest BCUT2D eigenvalue weighted by molar-refractivity contribution is 5.97. The van der Waals surface area contributed by atoms with E-state index >= 15 is 0 Å². The zero-order chi connectivity index (χ0) is 12.7. The number of rotatable bonds is 4. The smallest absolute Gasteiger partial charge is 0.321 e. The first-order valence-electron chi connectivity index (χ1n) is 5.17. The number of nitrogens with one attached hydrogen (secondary N) is 2. The summed E-state index contributed by atoms with van der Waals surface area (Å²) >= 11 is 0. The van der Waals surface area contributed by atoms with Crippen molar-refractivity contribution in [3.05, 3.63) is 0 Å². The van der Waals surface area contributed by atoms with Gasteiger partial charge in [0.15, 0.2) is 6.10 Å².